The second-order valence-corrected chi connectivity index (χ2v) is 8.58. The minimum atomic E-state index is -3.86. The van der Waals surface area contributed by atoms with Crippen molar-refractivity contribution in [1.29, 1.82) is 0 Å². The van der Waals surface area contributed by atoms with Crippen LogP contribution in [0, 0.1) is 5.82 Å². The van der Waals surface area contributed by atoms with Gasteiger partial charge in [-0.05, 0) is 63.2 Å². The summed E-state index contributed by atoms with van der Waals surface area (Å²) in [5.41, 5.74) is -0.513. The highest BCUT2D eigenvalue weighted by molar-refractivity contribution is 7.89. The van der Waals surface area contributed by atoms with Gasteiger partial charge in [0.2, 0.25) is 10.0 Å². The molecule has 0 spiro atoms. The smallest absolute Gasteiger partial charge is 0.255 e. The van der Waals surface area contributed by atoms with Gasteiger partial charge in [0.15, 0.2) is 0 Å². The Hall–Kier alpha value is -1.96. The molecule has 8 heteroatoms. The number of carbonyl (C=O) groups excluding carboxylic acids is 1. The van der Waals surface area contributed by atoms with Crippen molar-refractivity contribution in [1.82, 2.24) is 4.72 Å². The summed E-state index contributed by atoms with van der Waals surface area (Å²) in [7, 11) is -3.86. The van der Waals surface area contributed by atoms with Crippen molar-refractivity contribution in [3.8, 4) is 0 Å². The number of hydrogen-bond donors (Lipinski definition) is 2. The second-order valence-electron chi connectivity index (χ2n) is 6.46. The summed E-state index contributed by atoms with van der Waals surface area (Å²) >= 11 is 5.75. The van der Waals surface area contributed by atoms with Gasteiger partial charge in [-0.1, -0.05) is 11.6 Å². The molecule has 2 aromatic rings. The minimum Gasteiger partial charge on any atom is -0.319 e. The fraction of sp³-hybridized carbons (Fsp3) is 0.235. The number of amides is 1. The van der Waals surface area contributed by atoms with Gasteiger partial charge >= 0.3 is 0 Å². The van der Waals surface area contributed by atoms with Gasteiger partial charge in [0.1, 0.15) is 5.82 Å². The summed E-state index contributed by atoms with van der Waals surface area (Å²) < 4.78 is 41.1. The van der Waals surface area contributed by atoms with Crippen molar-refractivity contribution in [2.45, 2.75) is 31.2 Å². The zero-order valence-corrected chi connectivity index (χ0v) is 15.5. The third kappa shape index (κ3) is 5.26. The topological polar surface area (TPSA) is 75.3 Å². The molecular formula is C17H18ClFN2O3S. The van der Waals surface area contributed by atoms with E-state index in [9.17, 15) is 17.6 Å². The number of sulfonamides is 1. The molecule has 25 heavy (non-hydrogen) atoms. The highest BCUT2D eigenvalue weighted by Crippen LogP contribution is 2.21. The van der Waals surface area contributed by atoms with Crippen LogP contribution in [0.15, 0.2) is 47.4 Å². The van der Waals surface area contributed by atoms with E-state index < -0.39 is 27.3 Å². The molecule has 2 aromatic carbocycles. The Kier molecular flexibility index (Phi) is 5.51. The summed E-state index contributed by atoms with van der Waals surface area (Å²) in [6.07, 6.45) is 0. The molecule has 2 rings (SSSR count). The Labute approximate surface area is 151 Å². The maximum Gasteiger partial charge on any atom is 0.255 e. The largest absolute Gasteiger partial charge is 0.319 e. The van der Waals surface area contributed by atoms with Crippen LogP contribution in [-0.4, -0.2) is 19.9 Å². The van der Waals surface area contributed by atoms with Gasteiger partial charge in [-0.25, -0.2) is 17.5 Å². The number of rotatable bonds is 4. The Morgan fingerprint density at radius 2 is 1.68 bits per heavy atom. The molecule has 0 saturated heterocycles. The molecule has 0 aliphatic heterocycles. The monoisotopic (exact) mass is 384 g/mol. The molecule has 0 heterocycles. The van der Waals surface area contributed by atoms with Crippen LogP contribution in [0.2, 0.25) is 5.02 Å². The first-order valence-corrected chi connectivity index (χ1v) is 9.24. The Balaban J connectivity index is 2.22. The van der Waals surface area contributed by atoms with Gasteiger partial charge in [-0.3, -0.25) is 4.79 Å². The van der Waals surface area contributed by atoms with E-state index in [4.69, 9.17) is 11.6 Å². The minimum absolute atomic E-state index is 0.116. The van der Waals surface area contributed by atoms with E-state index in [-0.39, 0.29) is 10.6 Å². The SMILES string of the molecule is CC(C)(C)NS(=O)(=O)c1ccc(NC(=O)c2ccc(Cl)cc2)c(F)c1. The number of carbonyl (C=O) groups is 1. The highest BCUT2D eigenvalue weighted by atomic mass is 35.5. The molecule has 2 N–H and O–H groups in total. The van der Waals surface area contributed by atoms with E-state index in [0.717, 1.165) is 6.07 Å². The van der Waals surface area contributed by atoms with Crippen LogP contribution >= 0.6 is 11.6 Å². The molecule has 0 aromatic heterocycles. The molecule has 0 radical (unpaired) electrons. The molecule has 5 nitrogen and oxygen atoms in total. The molecule has 134 valence electrons. The zero-order valence-electron chi connectivity index (χ0n) is 13.9. The van der Waals surface area contributed by atoms with Crippen LogP contribution in [-0.2, 0) is 10.0 Å². The summed E-state index contributed by atoms with van der Waals surface area (Å²) in [5, 5.41) is 2.88. The predicted molar refractivity (Wildman–Crippen MR) is 95.9 cm³/mol. The van der Waals surface area contributed by atoms with E-state index in [1.54, 1.807) is 32.9 Å². The van der Waals surface area contributed by atoms with Gasteiger partial charge in [-0.15, -0.1) is 0 Å². The number of halogens is 2. The Bertz CT molecular complexity index is 891. The Morgan fingerprint density at radius 3 is 2.20 bits per heavy atom. The summed E-state index contributed by atoms with van der Waals surface area (Å²) in [6, 6.07) is 9.39. The van der Waals surface area contributed by atoms with E-state index in [1.807, 2.05) is 0 Å². The van der Waals surface area contributed by atoms with Crippen molar-refractivity contribution in [3.05, 3.63) is 58.9 Å². The van der Waals surface area contributed by atoms with E-state index >= 15 is 0 Å². The molecule has 0 fully saturated rings. The lowest BCUT2D eigenvalue weighted by Gasteiger charge is -2.20. The zero-order chi connectivity index (χ0) is 18.8. The summed E-state index contributed by atoms with van der Waals surface area (Å²) in [5.74, 6) is -1.38. The normalized spacial score (nSPS) is 12.0. The second kappa shape index (κ2) is 7.11. The lowest BCUT2D eigenvalue weighted by atomic mass is 10.1. The standard InChI is InChI=1S/C17H18ClFN2O3S/c1-17(2,3)21-25(23,24)13-8-9-15(14(19)10-13)20-16(22)11-4-6-12(18)7-5-11/h4-10,21H,1-3H3,(H,20,22). The van der Waals surface area contributed by atoms with Gasteiger partial charge in [0.25, 0.3) is 5.91 Å². The van der Waals surface area contributed by atoms with E-state index in [1.165, 1.54) is 24.3 Å². The maximum atomic E-state index is 14.2. The first-order valence-electron chi connectivity index (χ1n) is 7.38. The number of benzene rings is 2. The van der Waals surface area contributed by atoms with Crippen LogP contribution in [0.1, 0.15) is 31.1 Å². The molecular weight excluding hydrogens is 367 g/mol. The lowest BCUT2D eigenvalue weighted by Crippen LogP contribution is -2.40. The molecule has 0 atom stereocenters. The fourth-order valence-electron chi connectivity index (χ4n) is 2.02. The van der Waals surface area contributed by atoms with Crippen molar-refractivity contribution in [2.75, 3.05) is 5.32 Å². The first kappa shape index (κ1) is 19.4. The van der Waals surface area contributed by atoms with E-state index in [0.29, 0.717) is 10.6 Å². The molecule has 0 bridgehead atoms. The highest BCUT2D eigenvalue weighted by Gasteiger charge is 2.23. The predicted octanol–water partition coefficient (Wildman–Crippen LogP) is 3.81. The third-order valence-electron chi connectivity index (χ3n) is 3.05. The number of nitrogens with one attached hydrogen (secondary N) is 2. The van der Waals surface area contributed by atoms with Crippen LogP contribution in [0.4, 0.5) is 10.1 Å². The summed E-state index contributed by atoms with van der Waals surface area (Å²) in [4.78, 5) is 11.9. The first-order chi connectivity index (χ1) is 11.5. The van der Waals surface area contributed by atoms with E-state index in [2.05, 4.69) is 10.0 Å². The molecule has 0 aliphatic carbocycles. The average molecular weight is 385 g/mol. The maximum absolute atomic E-state index is 14.2. The Morgan fingerprint density at radius 1 is 1.08 bits per heavy atom. The van der Waals surface area contributed by atoms with Gasteiger partial charge in [0, 0.05) is 16.1 Å². The molecule has 0 unspecified atom stereocenters. The molecule has 0 aliphatic rings. The van der Waals surface area contributed by atoms with Gasteiger partial charge in [0.05, 0.1) is 10.6 Å². The number of hydrogen-bond acceptors (Lipinski definition) is 3. The summed E-state index contributed by atoms with van der Waals surface area (Å²) in [6.45, 7) is 5.05. The van der Waals surface area contributed by atoms with Crippen molar-refractivity contribution < 1.29 is 17.6 Å². The van der Waals surface area contributed by atoms with Gasteiger partial charge in [-0.2, -0.15) is 0 Å². The third-order valence-corrected chi connectivity index (χ3v) is 5.05. The van der Waals surface area contributed by atoms with Crippen LogP contribution < -0.4 is 10.0 Å². The molecule has 0 saturated carbocycles. The quantitative estimate of drug-likeness (QED) is 0.841. The van der Waals surface area contributed by atoms with Crippen molar-refractivity contribution >= 4 is 33.2 Å². The van der Waals surface area contributed by atoms with Crippen molar-refractivity contribution in [3.63, 3.8) is 0 Å². The van der Waals surface area contributed by atoms with Crippen LogP contribution in [0.5, 0.6) is 0 Å². The fourth-order valence-corrected chi connectivity index (χ4v) is 3.58. The average Bonchev–Trinajstić information content (AvgIpc) is 2.47. The van der Waals surface area contributed by atoms with Crippen LogP contribution in [0.25, 0.3) is 0 Å². The van der Waals surface area contributed by atoms with Crippen molar-refractivity contribution in [2.24, 2.45) is 0 Å². The van der Waals surface area contributed by atoms with Gasteiger partial charge < -0.3 is 5.32 Å². The number of anilines is 1. The molecule has 1 amide bonds. The lowest BCUT2D eigenvalue weighted by molar-refractivity contribution is 0.102. The van der Waals surface area contributed by atoms with Crippen LogP contribution in [0.3, 0.4) is 0 Å².